The number of hydrogen-bond donors (Lipinski definition) is 4. The molecular formula is C11H14NO5P. The first kappa shape index (κ1) is 14.8. The number of aliphatic hydroxyl groups excluding tert-OH is 3. The van der Waals surface area contributed by atoms with Crippen LogP contribution in [0.3, 0.4) is 0 Å². The molecule has 18 heavy (non-hydrogen) atoms. The maximum atomic E-state index is 9.82. The van der Waals surface area contributed by atoms with Gasteiger partial charge in [-0.05, 0) is 17.5 Å². The van der Waals surface area contributed by atoms with E-state index in [1.54, 1.807) is 0 Å². The Balaban J connectivity index is 0.000000180. The summed E-state index contributed by atoms with van der Waals surface area (Å²) >= 11 is 0. The third-order valence-corrected chi connectivity index (χ3v) is 2.99. The highest BCUT2D eigenvalue weighted by Gasteiger charge is 2.26. The minimum Gasteiger partial charge on any atom is -0.593 e. The minimum atomic E-state index is -3.06. The highest BCUT2D eigenvalue weighted by Crippen LogP contribution is 2.17. The third kappa shape index (κ3) is 4.18. The smallest absolute Gasteiger partial charge is 0.344 e. The van der Waals surface area contributed by atoms with E-state index in [0.717, 1.165) is 0 Å². The Kier molecular flexibility index (Phi) is 5.91. The lowest BCUT2D eigenvalue weighted by atomic mass is 10.3. The van der Waals surface area contributed by atoms with Crippen molar-refractivity contribution < 1.29 is 24.8 Å². The summed E-state index contributed by atoms with van der Waals surface area (Å²) in [5, 5.41) is 26.2. The highest BCUT2D eigenvalue weighted by atomic mass is 31.1. The van der Waals surface area contributed by atoms with Crippen molar-refractivity contribution in [3.05, 3.63) is 36.5 Å². The fourth-order valence-corrected chi connectivity index (χ4v) is 1.61. The van der Waals surface area contributed by atoms with E-state index in [9.17, 15) is 9.46 Å². The monoisotopic (exact) mass is 271 g/mol. The SMILES string of the molecule is O=[P+]([O-])C(O)C(O)CO.c1ccc2[nH]ccc2c1. The molecule has 0 radical (unpaired) electrons. The van der Waals surface area contributed by atoms with E-state index in [-0.39, 0.29) is 0 Å². The summed E-state index contributed by atoms with van der Waals surface area (Å²) in [6, 6.07) is 10.3. The molecule has 1 aromatic carbocycles. The molecule has 0 spiro atoms. The van der Waals surface area contributed by atoms with Crippen LogP contribution in [0.1, 0.15) is 0 Å². The van der Waals surface area contributed by atoms with E-state index in [4.69, 9.17) is 15.3 Å². The summed E-state index contributed by atoms with van der Waals surface area (Å²) in [4.78, 5) is 12.9. The predicted molar refractivity (Wildman–Crippen MR) is 65.0 cm³/mol. The molecular weight excluding hydrogens is 257 g/mol. The number of aliphatic hydroxyl groups is 3. The van der Waals surface area contributed by atoms with Crippen molar-refractivity contribution in [3.8, 4) is 0 Å². The summed E-state index contributed by atoms with van der Waals surface area (Å²) in [6.07, 6.45) is 0.358. The predicted octanol–water partition coefficient (Wildman–Crippen LogP) is -0.0714. The number of H-pyrrole nitrogens is 1. The quantitative estimate of drug-likeness (QED) is 0.583. The molecule has 7 heteroatoms. The summed E-state index contributed by atoms with van der Waals surface area (Å²) in [5.41, 5.74) is 1.21. The molecule has 0 fully saturated rings. The molecule has 0 aliphatic carbocycles. The molecule has 0 bridgehead atoms. The Morgan fingerprint density at radius 3 is 2.44 bits per heavy atom. The van der Waals surface area contributed by atoms with Crippen LogP contribution in [0.25, 0.3) is 10.9 Å². The Labute approximate surface area is 104 Å². The highest BCUT2D eigenvalue weighted by molar-refractivity contribution is 7.37. The Bertz CT molecular complexity index is 471. The molecule has 1 aromatic heterocycles. The maximum Gasteiger partial charge on any atom is 0.344 e. The van der Waals surface area contributed by atoms with Crippen LogP contribution < -0.4 is 4.89 Å². The summed E-state index contributed by atoms with van der Waals surface area (Å²) in [6.45, 7) is -0.759. The number of rotatable bonds is 3. The molecule has 0 saturated carbocycles. The van der Waals surface area contributed by atoms with Gasteiger partial charge < -0.3 is 25.2 Å². The fourth-order valence-electron chi connectivity index (χ4n) is 1.23. The molecule has 0 saturated heterocycles. The van der Waals surface area contributed by atoms with Crippen LogP contribution in [0.5, 0.6) is 0 Å². The first-order valence-corrected chi connectivity index (χ1v) is 6.43. The molecule has 2 aromatic rings. The normalized spacial score (nSPS) is 14.6. The topological polar surface area (TPSA) is 117 Å². The molecule has 0 aliphatic heterocycles. The van der Waals surface area contributed by atoms with Crippen molar-refractivity contribution in [1.29, 1.82) is 0 Å². The average Bonchev–Trinajstić information content (AvgIpc) is 2.85. The first-order valence-electron chi connectivity index (χ1n) is 5.19. The zero-order valence-corrected chi connectivity index (χ0v) is 10.3. The maximum absolute atomic E-state index is 9.82. The Morgan fingerprint density at radius 1 is 1.28 bits per heavy atom. The van der Waals surface area contributed by atoms with Gasteiger partial charge in [-0.15, -0.1) is 0 Å². The van der Waals surface area contributed by atoms with Crippen LogP contribution >= 0.6 is 8.03 Å². The van der Waals surface area contributed by atoms with Crippen LogP contribution in [-0.4, -0.2) is 38.9 Å². The van der Waals surface area contributed by atoms with Gasteiger partial charge in [-0.1, -0.05) is 22.8 Å². The van der Waals surface area contributed by atoms with Crippen molar-refractivity contribution in [3.63, 3.8) is 0 Å². The molecule has 6 nitrogen and oxygen atoms in total. The molecule has 3 unspecified atom stereocenters. The first-order chi connectivity index (χ1) is 8.56. The van der Waals surface area contributed by atoms with Crippen molar-refractivity contribution >= 4 is 18.9 Å². The molecule has 3 atom stereocenters. The zero-order valence-electron chi connectivity index (χ0n) is 9.43. The van der Waals surface area contributed by atoms with Gasteiger partial charge in [-0.25, -0.2) is 0 Å². The summed E-state index contributed by atoms with van der Waals surface area (Å²) in [5.74, 6) is -1.86. The van der Waals surface area contributed by atoms with Crippen molar-refractivity contribution in [1.82, 2.24) is 4.98 Å². The van der Waals surface area contributed by atoms with E-state index < -0.39 is 26.6 Å². The van der Waals surface area contributed by atoms with Crippen LogP contribution in [0.4, 0.5) is 0 Å². The van der Waals surface area contributed by atoms with Gasteiger partial charge in [0, 0.05) is 11.7 Å². The van der Waals surface area contributed by atoms with Gasteiger partial charge in [-0.2, -0.15) is 0 Å². The lowest BCUT2D eigenvalue weighted by Gasteiger charge is -2.05. The number of hydrogen-bond acceptors (Lipinski definition) is 5. The van der Waals surface area contributed by atoms with E-state index in [1.165, 1.54) is 10.9 Å². The number of nitrogens with one attached hydrogen (secondary N) is 1. The van der Waals surface area contributed by atoms with E-state index in [1.807, 2.05) is 18.3 Å². The van der Waals surface area contributed by atoms with Crippen molar-refractivity contribution in [2.75, 3.05) is 6.61 Å². The zero-order chi connectivity index (χ0) is 13.5. The largest absolute Gasteiger partial charge is 0.593 e. The number of aromatic amines is 1. The summed E-state index contributed by atoms with van der Waals surface area (Å²) in [7, 11) is -3.06. The lowest BCUT2D eigenvalue weighted by molar-refractivity contribution is -0.176. The average molecular weight is 271 g/mol. The second kappa shape index (κ2) is 7.20. The number of aromatic nitrogens is 1. The lowest BCUT2D eigenvalue weighted by Crippen LogP contribution is -2.28. The van der Waals surface area contributed by atoms with Gasteiger partial charge in [0.05, 0.1) is 6.61 Å². The number of para-hydroxylation sites is 1. The Morgan fingerprint density at radius 2 is 1.94 bits per heavy atom. The minimum absolute atomic E-state index is 0.759. The molecule has 0 amide bonds. The van der Waals surface area contributed by atoms with Crippen LogP contribution in [-0.2, 0) is 4.57 Å². The number of benzene rings is 1. The number of fused-ring (bicyclic) bond motifs is 1. The fraction of sp³-hybridized carbons (Fsp3) is 0.273. The Hall–Kier alpha value is -1.30. The van der Waals surface area contributed by atoms with Crippen molar-refractivity contribution in [2.45, 2.75) is 11.9 Å². The third-order valence-electron chi connectivity index (χ3n) is 2.21. The van der Waals surface area contributed by atoms with Gasteiger partial charge in [0.15, 0.2) is 0 Å². The summed E-state index contributed by atoms with van der Waals surface area (Å²) < 4.78 is 9.82. The van der Waals surface area contributed by atoms with E-state index in [0.29, 0.717) is 0 Å². The van der Waals surface area contributed by atoms with Gasteiger partial charge in [0.25, 0.3) is 5.85 Å². The van der Waals surface area contributed by atoms with Gasteiger partial charge in [-0.3, -0.25) is 0 Å². The second-order valence-corrected chi connectivity index (χ2v) is 4.61. The van der Waals surface area contributed by atoms with Gasteiger partial charge >= 0.3 is 8.03 Å². The standard InChI is InChI=1S/C8H7N.C3H7O5P/c1-2-4-8-7(3-1)5-6-9-8;4-1-2(5)3(6)9(7)8/h1-6,9H;2-6H,1H2. The molecule has 98 valence electrons. The van der Waals surface area contributed by atoms with Gasteiger partial charge in [0.2, 0.25) is 0 Å². The van der Waals surface area contributed by atoms with Crippen LogP contribution in [0.15, 0.2) is 36.5 Å². The molecule has 4 N–H and O–H groups in total. The van der Waals surface area contributed by atoms with Gasteiger partial charge in [0.1, 0.15) is 6.10 Å². The van der Waals surface area contributed by atoms with Crippen LogP contribution in [0, 0.1) is 0 Å². The van der Waals surface area contributed by atoms with E-state index in [2.05, 4.69) is 23.2 Å². The molecule has 2 rings (SSSR count). The molecule has 0 aliphatic rings. The second-order valence-electron chi connectivity index (χ2n) is 3.51. The van der Waals surface area contributed by atoms with Crippen LogP contribution in [0.2, 0.25) is 0 Å². The van der Waals surface area contributed by atoms with Crippen molar-refractivity contribution in [2.24, 2.45) is 0 Å². The van der Waals surface area contributed by atoms with E-state index >= 15 is 0 Å². The molecule has 1 heterocycles.